The second-order valence-corrected chi connectivity index (χ2v) is 9.46. The fraction of sp³-hybridized carbons (Fsp3) is 0.276. The fourth-order valence-corrected chi connectivity index (χ4v) is 4.85. The van der Waals surface area contributed by atoms with Crippen LogP contribution in [0.1, 0.15) is 32.9 Å². The first-order valence-corrected chi connectivity index (χ1v) is 12.4. The molecule has 1 fully saturated rings. The van der Waals surface area contributed by atoms with E-state index in [0.717, 1.165) is 68.0 Å². The third-order valence-electron chi connectivity index (χ3n) is 7.03. The molecule has 1 amide bonds. The van der Waals surface area contributed by atoms with Gasteiger partial charge in [0, 0.05) is 57.3 Å². The fourth-order valence-electron chi connectivity index (χ4n) is 4.85. The highest BCUT2D eigenvalue weighted by Crippen LogP contribution is 2.20. The molecule has 1 aliphatic heterocycles. The topological polar surface area (TPSA) is 91.2 Å². The highest BCUT2D eigenvalue weighted by molar-refractivity contribution is 5.97. The molecule has 3 aromatic carbocycles. The number of imidazole rings is 1. The summed E-state index contributed by atoms with van der Waals surface area (Å²) in [5.74, 6) is 1.14. The van der Waals surface area contributed by atoms with Gasteiger partial charge in [-0.05, 0) is 35.7 Å². The number of hydrogen-bond donors (Lipinski definition) is 2. The van der Waals surface area contributed by atoms with E-state index in [9.17, 15) is 4.79 Å². The van der Waals surface area contributed by atoms with Gasteiger partial charge in [-0.15, -0.1) is 0 Å². The molecule has 184 valence electrons. The van der Waals surface area contributed by atoms with Crippen LogP contribution in [0.2, 0.25) is 0 Å². The van der Waals surface area contributed by atoms with Crippen molar-refractivity contribution in [2.24, 2.45) is 12.8 Å². The van der Waals surface area contributed by atoms with Crippen molar-refractivity contribution in [3.63, 3.8) is 0 Å². The first-order valence-electron chi connectivity index (χ1n) is 12.4. The van der Waals surface area contributed by atoms with Gasteiger partial charge >= 0.3 is 0 Å². The number of fused-ring (bicyclic) bond motifs is 1. The molecule has 36 heavy (non-hydrogen) atoms. The Morgan fingerprint density at radius 1 is 0.889 bits per heavy atom. The summed E-state index contributed by atoms with van der Waals surface area (Å²) in [4.78, 5) is 22.4. The number of carbonyl (C=O) groups is 1. The van der Waals surface area contributed by atoms with E-state index in [0.29, 0.717) is 5.56 Å². The molecule has 7 heteroatoms. The van der Waals surface area contributed by atoms with E-state index >= 15 is 0 Å². The van der Waals surface area contributed by atoms with Crippen LogP contribution < -0.4 is 5.73 Å². The molecule has 5 rings (SSSR count). The molecule has 7 nitrogen and oxygen atoms in total. The molecule has 0 radical (unpaired) electrons. The number of amidine groups is 1. The summed E-state index contributed by atoms with van der Waals surface area (Å²) in [6.45, 7) is 4.15. The summed E-state index contributed by atoms with van der Waals surface area (Å²) in [5, 5.41) is 7.53. The molecule has 0 spiro atoms. The molecular formula is C29H32N6O. The van der Waals surface area contributed by atoms with E-state index in [4.69, 9.17) is 16.1 Å². The summed E-state index contributed by atoms with van der Waals surface area (Å²) in [6, 6.07) is 24.1. The van der Waals surface area contributed by atoms with Gasteiger partial charge in [-0.3, -0.25) is 15.1 Å². The van der Waals surface area contributed by atoms with Gasteiger partial charge in [-0.25, -0.2) is 4.98 Å². The zero-order valence-corrected chi connectivity index (χ0v) is 20.7. The lowest BCUT2D eigenvalue weighted by Gasteiger charge is -2.34. The zero-order valence-electron chi connectivity index (χ0n) is 20.7. The van der Waals surface area contributed by atoms with Gasteiger partial charge in [0.15, 0.2) is 0 Å². The van der Waals surface area contributed by atoms with Gasteiger partial charge in [-0.2, -0.15) is 0 Å². The smallest absolute Gasteiger partial charge is 0.254 e. The van der Waals surface area contributed by atoms with Crippen LogP contribution >= 0.6 is 0 Å². The van der Waals surface area contributed by atoms with Gasteiger partial charge in [0.05, 0.1) is 11.0 Å². The maximum Gasteiger partial charge on any atom is 0.254 e. The second-order valence-electron chi connectivity index (χ2n) is 9.46. The number of rotatable bonds is 7. The second kappa shape index (κ2) is 10.3. The molecule has 2 heterocycles. The molecule has 4 aromatic rings. The Morgan fingerprint density at radius 2 is 1.58 bits per heavy atom. The lowest BCUT2D eigenvalue weighted by molar-refractivity contribution is 0.0628. The SMILES string of the molecule is Cn1c(CCc2ccc(C(=N)N)cc2)nc2cc(C(=O)N3CCN(Cc4ccccc4)CC3)ccc21. The largest absolute Gasteiger partial charge is 0.384 e. The maximum absolute atomic E-state index is 13.2. The molecule has 0 unspecified atom stereocenters. The van der Waals surface area contributed by atoms with Gasteiger partial charge in [0.25, 0.3) is 5.91 Å². The van der Waals surface area contributed by atoms with Crippen molar-refractivity contribution in [2.75, 3.05) is 26.2 Å². The number of aryl methyl sites for hydroxylation is 3. The Kier molecular flexibility index (Phi) is 6.82. The van der Waals surface area contributed by atoms with Crippen LogP contribution in [0.5, 0.6) is 0 Å². The van der Waals surface area contributed by atoms with E-state index in [1.165, 1.54) is 11.1 Å². The van der Waals surface area contributed by atoms with Crippen LogP contribution in [0.4, 0.5) is 0 Å². The third-order valence-corrected chi connectivity index (χ3v) is 7.03. The number of hydrogen-bond acceptors (Lipinski definition) is 4. The van der Waals surface area contributed by atoms with E-state index in [2.05, 4.69) is 33.7 Å². The molecule has 0 atom stereocenters. The number of nitrogens with zero attached hydrogens (tertiary/aromatic N) is 4. The van der Waals surface area contributed by atoms with Gasteiger partial charge in [-0.1, -0.05) is 54.6 Å². The predicted molar refractivity (Wildman–Crippen MR) is 143 cm³/mol. The Morgan fingerprint density at radius 3 is 2.28 bits per heavy atom. The van der Waals surface area contributed by atoms with Crippen LogP contribution in [0.3, 0.4) is 0 Å². The number of benzene rings is 3. The number of piperazine rings is 1. The molecule has 0 aliphatic carbocycles. The predicted octanol–water partition coefficient (Wildman–Crippen LogP) is 3.60. The quantitative estimate of drug-likeness (QED) is 0.312. The van der Waals surface area contributed by atoms with Crippen molar-refractivity contribution >= 4 is 22.8 Å². The van der Waals surface area contributed by atoms with Gasteiger partial charge in [0.1, 0.15) is 11.7 Å². The van der Waals surface area contributed by atoms with E-state index in [-0.39, 0.29) is 11.7 Å². The first-order chi connectivity index (χ1) is 17.5. The van der Waals surface area contributed by atoms with Crippen LogP contribution in [-0.2, 0) is 26.4 Å². The van der Waals surface area contributed by atoms with Crippen LogP contribution in [0.15, 0.2) is 72.8 Å². The molecule has 1 aromatic heterocycles. The molecular weight excluding hydrogens is 448 g/mol. The zero-order chi connectivity index (χ0) is 25.1. The normalized spacial score (nSPS) is 14.3. The van der Waals surface area contributed by atoms with Gasteiger partial charge < -0.3 is 15.2 Å². The van der Waals surface area contributed by atoms with E-state index in [1.54, 1.807) is 0 Å². The minimum absolute atomic E-state index is 0.0778. The van der Waals surface area contributed by atoms with E-state index < -0.39 is 0 Å². The van der Waals surface area contributed by atoms with Crippen molar-refractivity contribution in [3.8, 4) is 0 Å². The van der Waals surface area contributed by atoms with Crippen molar-refractivity contribution in [2.45, 2.75) is 19.4 Å². The summed E-state index contributed by atoms with van der Waals surface area (Å²) < 4.78 is 2.11. The highest BCUT2D eigenvalue weighted by Gasteiger charge is 2.23. The maximum atomic E-state index is 13.2. The standard InChI is InChI=1S/C29H32N6O/c1-33-26-13-12-24(29(36)35-17-15-34(16-18-35)20-22-5-3-2-4-6-22)19-25(26)32-27(33)14-9-21-7-10-23(11-8-21)28(30)31/h2-8,10-13,19H,9,14-18,20H2,1H3,(H3,30,31). The first kappa shape index (κ1) is 23.8. The van der Waals surface area contributed by atoms with Gasteiger partial charge in [0.2, 0.25) is 0 Å². The summed E-state index contributed by atoms with van der Waals surface area (Å²) >= 11 is 0. The Balaban J connectivity index is 1.22. The Bertz CT molecular complexity index is 1370. The molecule has 0 bridgehead atoms. The van der Waals surface area contributed by atoms with Crippen LogP contribution in [-0.4, -0.2) is 57.3 Å². The number of carbonyl (C=O) groups excluding carboxylic acids is 1. The highest BCUT2D eigenvalue weighted by atomic mass is 16.2. The van der Waals surface area contributed by atoms with Crippen LogP contribution in [0.25, 0.3) is 11.0 Å². The van der Waals surface area contributed by atoms with Crippen LogP contribution in [0, 0.1) is 5.41 Å². The summed E-state index contributed by atoms with van der Waals surface area (Å²) in [7, 11) is 2.02. The van der Waals surface area contributed by atoms with Crippen molar-refractivity contribution in [3.05, 3.63) is 101 Å². The monoisotopic (exact) mass is 480 g/mol. The lowest BCUT2D eigenvalue weighted by Crippen LogP contribution is -2.48. The summed E-state index contributed by atoms with van der Waals surface area (Å²) in [6.07, 6.45) is 1.63. The Hall–Kier alpha value is -3.97. The molecule has 0 saturated carbocycles. The van der Waals surface area contributed by atoms with E-state index in [1.807, 2.05) is 60.5 Å². The number of aromatic nitrogens is 2. The minimum atomic E-state index is 0.0778. The van der Waals surface area contributed by atoms with Crippen molar-refractivity contribution < 1.29 is 4.79 Å². The molecule has 3 N–H and O–H groups in total. The number of nitrogens with two attached hydrogens (primary N) is 1. The molecule has 1 aliphatic rings. The third kappa shape index (κ3) is 5.16. The Labute approximate surface area is 211 Å². The average Bonchev–Trinajstić information content (AvgIpc) is 3.23. The summed E-state index contributed by atoms with van der Waals surface area (Å²) in [5.41, 5.74) is 11.3. The average molecular weight is 481 g/mol. The van der Waals surface area contributed by atoms with Crippen molar-refractivity contribution in [1.29, 1.82) is 5.41 Å². The lowest BCUT2D eigenvalue weighted by atomic mass is 10.1. The molecule has 1 saturated heterocycles. The number of nitrogens with one attached hydrogen (secondary N) is 1. The number of nitrogen functional groups attached to an aromatic ring is 1. The minimum Gasteiger partial charge on any atom is -0.384 e. The number of amides is 1. The van der Waals surface area contributed by atoms with Crippen molar-refractivity contribution in [1.82, 2.24) is 19.4 Å².